The molecule has 2 N–H and O–H groups in total. The van der Waals surface area contributed by atoms with E-state index in [1.54, 1.807) is 29.7 Å². The van der Waals surface area contributed by atoms with Gasteiger partial charge in [0.15, 0.2) is 0 Å². The van der Waals surface area contributed by atoms with E-state index < -0.39 is 6.04 Å². The smallest absolute Gasteiger partial charge is 0.265 e. The van der Waals surface area contributed by atoms with Crippen LogP contribution in [0.15, 0.2) is 58.7 Å². The van der Waals surface area contributed by atoms with E-state index in [0.717, 1.165) is 40.9 Å². The standard InChI is InChI=1S/C31H34ClN3O3S/c1-6-20-9-8-10-21(7-2)28(20)35-27(18(3)4)24(29(37)33-19(5)16-36)15-25(31(35)38)30-34-26(17-39-30)22-11-13-23(32)14-12-22/h8-15,17-19,36H,6-7,16H2,1-5H3,(H,33,37)/t19-/m1/s1. The van der Waals surface area contributed by atoms with Crippen molar-refractivity contribution >= 4 is 28.8 Å². The molecule has 4 rings (SSSR count). The summed E-state index contributed by atoms with van der Waals surface area (Å²) in [6, 6.07) is 14.7. The van der Waals surface area contributed by atoms with Crippen LogP contribution in [-0.4, -0.2) is 33.2 Å². The molecule has 0 aliphatic carbocycles. The fraction of sp³-hybridized carbons (Fsp3) is 0.323. The molecule has 2 heterocycles. The molecule has 0 spiro atoms. The number of thiazole rings is 1. The van der Waals surface area contributed by atoms with E-state index in [1.807, 2.05) is 49.6 Å². The minimum atomic E-state index is -0.438. The number of aryl methyl sites for hydroxylation is 2. The second-order valence-electron chi connectivity index (χ2n) is 9.89. The highest BCUT2D eigenvalue weighted by molar-refractivity contribution is 7.13. The fourth-order valence-corrected chi connectivity index (χ4v) is 5.72. The quantitative estimate of drug-likeness (QED) is 0.239. The van der Waals surface area contributed by atoms with Gasteiger partial charge >= 0.3 is 0 Å². The monoisotopic (exact) mass is 563 g/mol. The second kappa shape index (κ2) is 12.3. The van der Waals surface area contributed by atoms with E-state index in [1.165, 1.54) is 11.3 Å². The van der Waals surface area contributed by atoms with Gasteiger partial charge in [0.05, 0.1) is 29.1 Å². The number of aliphatic hydroxyl groups is 1. The van der Waals surface area contributed by atoms with Crippen molar-refractivity contribution in [3.8, 4) is 27.5 Å². The molecule has 0 aliphatic heterocycles. The molecule has 2 aromatic heterocycles. The first kappa shape index (κ1) is 28.7. The summed E-state index contributed by atoms with van der Waals surface area (Å²) < 4.78 is 1.74. The number of benzene rings is 2. The fourth-order valence-electron chi connectivity index (χ4n) is 4.76. The van der Waals surface area contributed by atoms with Gasteiger partial charge in [-0.05, 0) is 55.0 Å². The number of amides is 1. The van der Waals surface area contributed by atoms with Crippen LogP contribution in [0.3, 0.4) is 0 Å². The largest absolute Gasteiger partial charge is 0.394 e. The Hall–Kier alpha value is -3.26. The highest BCUT2D eigenvalue weighted by Gasteiger charge is 2.27. The van der Waals surface area contributed by atoms with Crippen LogP contribution >= 0.6 is 22.9 Å². The number of carbonyl (C=O) groups is 1. The van der Waals surface area contributed by atoms with Gasteiger partial charge in [0.1, 0.15) is 5.01 Å². The number of nitrogens with one attached hydrogen (secondary N) is 1. The Bertz CT molecular complexity index is 1520. The summed E-state index contributed by atoms with van der Waals surface area (Å²) in [6.07, 6.45) is 1.47. The summed E-state index contributed by atoms with van der Waals surface area (Å²) in [6.45, 7) is 9.66. The van der Waals surface area contributed by atoms with Crippen molar-refractivity contribution < 1.29 is 9.90 Å². The third kappa shape index (κ3) is 5.86. The molecule has 0 saturated heterocycles. The van der Waals surface area contributed by atoms with Crippen LogP contribution in [0.4, 0.5) is 0 Å². The molecule has 2 aromatic carbocycles. The van der Waals surface area contributed by atoms with Crippen molar-refractivity contribution in [2.45, 2.75) is 59.4 Å². The zero-order valence-electron chi connectivity index (χ0n) is 22.9. The van der Waals surface area contributed by atoms with Crippen molar-refractivity contribution in [1.29, 1.82) is 0 Å². The number of halogens is 1. The minimum absolute atomic E-state index is 0.132. The average molecular weight is 564 g/mol. The number of hydrogen-bond acceptors (Lipinski definition) is 5. The van der Waals surface area contributed by atoms with Gasteiger partial charge in [-0.3, -0.25) is 14.2 Å². The third-order valence-electron chi connectivity index (χ3n) is 6.75. The summed E-state index contributed by atoms with van der Waals surface area (Å²) >= 11 is 7.43. The van der Waals surface area contributed by atoms with Crippen LogP contribution in [0.5, 0.6) is 0 Å². The summed E-state index contributed by atoms with van der Waals surface area (Å²) in [7, 11) is 0. The van der Waals surface area contributed by atoms with Crippen molar-refractivity contribution in [2.75, 3.05) is 6.61 Å². The molecule has 0 radical (unpaired) electrons. The summed E-state index contributed by atoms with van der Waals surface area (Å²) in [5.74, 6) is -0.468. The maximum Gasteiger partial charge on any atom is 0.265 e. The lowest BCUT2D eigenvalue weighted by molar-refractivity contribution is 0.0920. The SMILES string of the molecule is CCc1cccc(CC)c1-n1c(C(C)C)c(C(=O)N[C@H](C)CO)cc(-c2nc(-c3ccc(Cl)cc3)cs2)c1=O. The molecule has 0 fully saturated rings. The van der Waals surface area contributed by atoms with E-state index in [4.69, 9.17) is 16.6 Å². The van der Waals surface area contributed by atoms with E-state index in [2.05, 4.69) is 19.2 Å². The molecule has 39 heavy (non-hydrogen) atoms. The molecular weight excluding hydrogens is 530 g/mol. The van der Waals surface area contributed by atoms with E-state index >= 15 is 0 Å². The average Bonchev–Trinajstić information content (AvgIpc) is 3.42. The molecule has 6 nitrogen and oxygen atoms in total. The molecule has 0 saturated carbocycles. The molecule has 1 atom stereocenters. The Labute approximate surface area is 238 Å². The van der Waals surface area contributed by atoms with Gasteiger partial charge < -0.3 is 10.4 Å². The van der Waals surface area contributed by atoms with Crippen LogP contribution in [0.1, 0.15) is 67.7 Å². The number of nitrogens with zero attached hydrogens (tertiary/aromatic N) is 2. The minimum Gasteiger partial charge on any atom is -0.394 e. The number of hydrogen-bond donors (Lipinski definition) is 2. The summed E-state index contributed by atoms with van der Waals surface area (Å²) in [5.41, 5.74) is 5.70. The van der Waals surface area contributed by atoms with E-state index in [-0.39, 0.29) is 24.0 Å². The number of rotatable bonds is 9. The lowest BCUT2D eigenvalue weighted by Crippen LogP contribution is -2.37. The van der Waals surface area contributed by atoms with Gasteiger partial charge in [0.2, 0.25) is 0 Å². The molecule has 204 valence electrons. The van der Waals surface area contributed by atoms with E-state index in [9.17, 15) is 14.7 Å². The number of pyridine rings is 1. The van der Waals surface area contributed by atoms with Crippen molar-refractivity contribution in [1.82, 2.24) is 14.9 Å². The third-order valence-corrected chi connectivity index (χ3v) is 7.87. The zero-order chi connectivity index (χ0) is 28.3. The van der Waals surface area contributed by atoms with Crippen LogP contribution in [0.25, 0.3) is 27.5 Å². The zero-order valence-corrected chi connectivity index (χ0v) is 24.5. The van der Waals surface area contributed by atoms with Crippen LogP contribution in [0.2, 0.25) is 5.02 Å². The Morgan fingerprint density at radius 1 is 1.08 bits per heavy atom. The van der Waals surface area contributed by atoms with E-state index in [0.29, 0.717) is 26.9 Å². The topological polar surface area (TPSA) is 84.2 Å². The number of para-hydroxylation sites is 1. The van der Waals surface area contributed by atoms with Gasteiger partial charge in [-0.1, -0.05) is 69.6 Å². The normalized spacial score (nSPS) is 12.1. The van der Waals surface area contributed by atoms with Crippen LogP contribution in [-0.2, 0) is 12.8 Å². The molecule has 1 amide bonds. The second-order valence-corrected chi connectivity index (χ2v) is 11.2. The van der Waals surface area contributed by atoms with Crippen molar-refractivity contribution in [3.05, 3.63) is 91.7 Å². The van der Waals surface area contributed by atoms with Crippen LogP contribution < -0.4 is 10.9 Å². The van der Waals surface area contributed by atoms with Crippen molar-refractivity contribution in [2.24, 2.45) is 0 Å². The van der Waals surface area contributed by atoms with Gasteiger partial charge in [-0.2, -0.15) is 0 Å². The predicted molar refractivity (Wildman–Crippen MR) is 160 cm³/mol. The number of aromatic nitrogens is 2. The molecule has 0 unspecified atom stereocenters. The molecular formula is C31H34ClN3O3S. The van der Waals surface area contributed by atoms with Crippen LogP contribution in [0, 0.1) is 0 Å². The maximum absolute atomic E-state index is 14.4. The Kier molecular flexibility index (Phi) is 9.05. The molecule has 4 aromatic rings. The lowest BCUT2D eigenvalue weighted by Gasteiger charge is -2.25. The Morgan fingerprint density at radius 3 is 2.28 bits per heavy atom. The lowest BCUT2D eigenvalue weighted by atomic mass is 9.96. The Balaban J connectivity index is 2.05. The van der Waals surface area contributed by atoms with Gasteiger partial charge in [0.25, 0.3) is 11.5 Å². The first-order valence-corrected chi connectivity index (χ1v) is 14.5. The number of carbonyl (C=O) groups excluding carboxylic acids is 1. The first-order chi connectivity index (χ1) is 18.7. The highest BCUT2D eigenvalue weighted by Crippen LogP contribution is 2.33. The number of aliphatic hydroxyl groups excluding tert-OH is 1. The summed E-state index contributed by atoms with van der Waals surface area (Å²) in [5, 5.41) is 15.5. The highest BCUT2D eigenvalue weighted by atomic mass is 35.5. The molecule has 8 heteroatoms. The van der Waals surface area contributed by atoms with Gasteiger partial charge in [-0.15, -0.1) is 11.3 Å². The predicted octanol–water partition coefficient (Wildman–Crippen LogP) is 6.64. The first-order valence-electron chi connectivity index (χ1n) is 13.2. The summed E-state index contributed by atoms with van der Waals surface area (Å²) in [4.78, 5) is 32.8. The van der Waals surface area contributed by atoms with Gasteiger partial charge in [-0.25, -0.2) is 4.98 Å². The van der Waals surface area contributed by atoms with Gasteiger partial charge in [0, 0.05) is 27.7 Å². The maximum atomic E-state index is 14.4. The van der Waals surface area contributed by atoms with Crippen molar-refractivity contribution in [3.63, 3.8) is 0 Å². The molecule has 0 bridgehead atoms. The molecule has 0 aliphatic rings. The Morgan fingerprint density at radius 2 is 1.72 bits per heavy atom.